The number of hydrogen-bond donors (Lipinski definition) is 2. The smallest absolute Gasteiger partial charge is 0.279 e. The summed E-state index contributed by atoms with van der Waals surface area (Å²) in [5.41, 5.74) is 6.23. The SMILES string of the molecule is CC(Oc1ccc(Cl)cc1)C(=O)NNC(=O)c1cn(C)c2ccccc12. The van der Waals surface area contributed by atoms with Gasteiger partial charge in [-0.15, -0.1) is 0 Å². The fraction of sp³-hybridized carbons (Fsp3) is 0.158. The van der Waals surface area contributed by atoms with Crippen molar-refractivity contribution in [2.24, 2.45) is 7.05 Å². The Hall–Kier alpha value is -2.99. The largest absolute Gasteiger partial charge is 0.481 e. The molecule has 0 saturated carbocycles. The maximum absolute atomic E-state index is 12.4. The minimum absolute atomic E-state index is 0.395. The maximum Gasteiger partial charge on any atom is 0.279 e. The van der Waals surface area contributed by atoms with E-state index in [-0.39, 0.29) is 0 Å². The number of amides is 2. The predicted molar refractivity (Wildman–Crippen MR) is 100 cm³/mol. The lowest BCUT2D eigenvalue weighted by atomic mass is 10.2. The number of aromatic nitrogens is 1. The fourth-order valence-electron chi connectivity index (χ4n) is 2.58. The van der Waals surface area contributed by atoms with Crippen LogP contribution in [-0.4, -0.2) is 22.5 Å². The molecule has 0 spiro atoms. The Morgan fingerprint density at radius 3 is 2.50 bits per heavy atom. The van der Waals surface area contributed by atoms with Gasteiger partial charge in [-0.1, -0.05) is 29.8 Å². The standard InChI is InChI=1S/C19H18ClN3O3/c1-12(26-14-9-7-13(20)8-10-14)18(24)21-22-19(25)16-11-23(2)17-6-4-3-5-15(16)17/h3-12H,1-2H3,(H,21,24)(H,22,25). The molecule has 6 nitrogen and oxygen atoms in total. The third-order valence-corrected chi connectivity index (χ3v) is 4.19. The number of halogens is 1. The van der Waals surface area contributed by atoms with Gasteiger partial charge in [-0.05, 0) is 37.3 Å². The minimum Gasteiger partial charge on any atom is -0.481 e. The van der Waals surface area contributed by atoms with Crippen LogP contribution in [0.25, 0.3) is 10.9 Å². The zero-order valence-corrected chi connectivity index (χ0v) is 15.1. The summed E-state index contributed by atoms with van der Waals surface area (Å²) in [5.74, 6) is -0.347. The molecular formula is C19H18ClN3O3. The first-order valence-corrected chi connectivity index (χ1v) is 8.40. The molecule has 3 rings (SSSR count). The number of ether oxygens (including phenoxy) is 1. The van der Waals surface area contributed by atoms with Crippen molar-refractivity contribution in [1.82, 2.24) is 15.4 Å². The summed E-state index contributed by atoms with van der Waals surface area (Å²) < 4.78 is 7.38. The first-order valence-electron chi connectivity index (χ1n) is 8.02. The van der Waals surface area contributed by atoms with Gasteiger partial charge in [0.2, 0.25) is 0 Å². The van der Waals surface area contributed by atoms with Crippen LogP contribution in [0.3, 0.4) is 0 Å². The van der Waals surface area contributed by atoms with E-state index in [1.54, 1.807) is 37.4 Å². The van der Waals surface area contributed by atoms with E-state index in [4.69, 9.17) is 16.3 Å². The summed E-state index contributed by atoms with van der Waals surface area (Å²) in [6.45, 7) is 1.59. The molecule has 1 aromatic heterocycles. The molecule has 26 heavy (non-hydrogen) atoms. The number of hydrogen-bond acceptors (Lipinski definition) is 3. The van der Waals surface area contributed by atoms with Crippen LogP contribution < -0.4 is 15.6 Å². The molecule has 0 aliphatic heterocycles. The van der Waals surface area contributed by atoms with E-state index in [1.165, 1.54) is 0 Å². The highest BCUT2D eigenvalue weighted by Gasteiger charge is 2.18. The van der Waals surface area contributed by atoms with Gasteiger partial charge in [0.15, 0.2) is 6.10 Å². The van der Waals surface area contributed by atoms with Gasteiger partial charge >= 0.3 is 0 Å². The molecule has 0 aliphatic rings. The molecular weight excluding hydrogens is 354 g/mol. The third-order valence-electron chi connectivity index (χ3n) is 3.94. The number of para-hydroxylation sites is 1. The Balaban J connectivity index is 1.61. The van der Waals surface area contributed by atoms with Crippen molar-refractivity contribution in [3.05, 3.63) is 65.3 Å². The van der Waals surface area contributed by atoms with Gasteiger partial charge in [0.25, 0.3) is 11.8 Å². The molecule has 2 aromatic carbocycles. The third kappa shape index (κ3) is 3.81. The maximum atomic E-state index is 12.4. The second kappa shape index (κ2) is 7.49. The van der Waals surface area contributed by atoms with Gasteiger partial charge in [-0.3, -0.25) is 20.4 Å². The Kier molecular flexibility index (Phi) is 5.14. The number of carbonyl (C=O) groups excluding carboxylic acids is 2. The second-order valence-corrected chi connectivity index (χ2v) is 6.26. The molecule has 1 unspecified atom stereocenters. The summed E-state index contributed by atoms with van der Waals surface area (Å²) in [7, 11) is 1.86. The highest BCUT2D eigenvalue weighted by Crippen LogP contribution is 2.20. The monoisotopic (exact) mass is 371 g/mol. The Labute approximate surface area is 155 Å². The highest BCUT2D eigenvalue weighted by atomic mass is 35.5. The molecule has 134 valence electrons. The molecule has 2 amide bonds. The van der Waals surface area contributed by atoms with Crippen molar-refractivity contribution in [1.29, 1.82) is 0 Å². The number of benzene rings is 2. The zero-order valence-electron chi connectivity index (χ0n) is 14.3. The first kappa shape index (κ1) is 17.8. The summed E-state index contributed by atoms with van der Waals surface area (Å²) >= 11 is 5.81. The van der Waals surface area contributed by atoms with Gasteiger partial charge in [0.1, 0.15) is 5.75 Å². The van der Waals surface area contributed by atoms with E-state index in [0.29, 0.717) is 16.3 Å². The number of nitrogens with zero attached hydrogens (tertiary/aromatic N) is 1. The molecule has 0 radical (unpaired) electrons. The molecule has 7 heteroatoms. The fourth-order valence-corrected chi connectivity index (χ4v) is 2.71. The van der Waals surface area contributed by atoms with E-state index in [1.807, 2.05) is 35.9 Å². The Bertz CT molecular complexity index is 950. The normalized spacial score (nSPS) is 11.8. The van der Waals surface area contributed by atoms with Crippen LogP contribution in [0.1, 0.15) is 17.3 Å². The molecule has 2 N–H and O–H groups in total. The number of aryl methyl sites for hydroxylation is 1. The molecule has 1 heterocycles. The highest BCUT2D eigenvalue weighted by molar-refractivity contribution is 6.30. The van der Waals surface area contributed by atoms with E-state index in [2.05, 4.69) is 10.9 Å². The number of carbonyl (C=O) groups is 2. The topological polar surface area (TPSA) is 72.4 Å². The second-order valence-electron chi connectivity index (χ2n) is 5.83. The van der Waals surface area contributed by atoms with Gasteiger partial charge < -0.3 is 9.30 Å². The quantitative estimate of drug-likeness (QED) is 0.692. The number of rotatable bonds is 4. The predicted octanol–water partition coefficient (Wildman–Crippen LogP) is 3.06. The molecule has 0 fully saturated rings. The van der Waals surface area contributed by atoms with Crippen molar-refractivity contribution < 1.29 is 14.3 Å². The van der Waals surface area contributed by atoms with Gasteiger partial charge in [0.05, 0.1) is 5.56 Å². The molecule has 1 atom stereocenters. The Morgan fingerprint density at radius 2 is 1.77 bits per heavy atom. The van der Waals surface area contributed by atoms with E-state index < -0.39 is 17.9 Å². The van der Waals surface area contributed by atoms with Gasteiger partial charge in [-0.2, -0.15) is 0 Å². The van der Waals surface area contributed by atoms with Gasteiger partial charge in [0, 0.05) is 29.2 Å². The number of hydrazine groups is 1. The van der Waals surface area contributed by atoms with Crippen LogP contribution in [0.5, 0.6) is 5.75 Å². The number of fused-ring (bicyclic) bond motifs is 1. The molecule has 0 saturated heterocycles. The number of nitrogens with one attached hydrogen (secondary N) is 2. The van der Waals surface area contributed by atoms with Crippen LogP contribution in [-0.2, 0) is 11.8 Å². The van der Waals surface area contributed by atoms with Crippen LogP contribution in [0.15, 0.2) is 54.7 Å². The first-order chi connectivity index (χ1) is 12.5. The average Bonchev–Trinajstić information content (AvgIpc) is 2.98. The van der Waals surface area contributed by atoms with Crippen LogP contribution in [0.2, 0.25) is 5.02 Å². The summed E-state index contributed by atoms with van der Waals surface area (Å²) in [5, 5.41) is 1.39. The lowest BCUT2D eigenvalue weighted by molar-refractivity contribution is -0.128. The van der Waals surface area contributed by atoms with Crippen LogP contribution >= 0.6 is 11.6 Å². The molecule has 3 aromatic rings. The van der Waals surface area contributed by atoms with Gasteiger partial charge in [-0.25, -0.2) is 0 Å². The summed E-state index contributed by atoms with van der Waals surface area (Å²) in [6.07, 6.45) is 0.934. The molecule has 0 bridgehead atoms. The molecule has 0 aliphatic carbocycles. The Morgan fingerprint density at radius 1 is 1.08 bits per heavy atom. The lowest BCUT2D eigenvalue weighted by Crippen LogP contribution is -2.47. The van der Waals surface area contributed by atoms with Crippen molar-refractivity contribution in [2.75, 3.05) is 0 Å². The van der Waals surface area contributed by atoms with E-state index >= 15 is 0 Å². The van der Waals surface area contributed by atoms with Crippen LogP contribution in [0, 0.1) is 0 Å². The summed E-state index contributed by atoms with van der Waals surface area (Å²) in [4.78, 5) is 24.5. The van der Waals surface area contributed by atoms with Crippen LogP contribution in [0.4, 0.5) is 0 Å². The average molecular weight is 372 g/mol. The van der Waals surface area contributed by atoms with Crippen molar-refractivity contribution >= 4 is 34.3 Å². The van der Waals surface area contributed by atoms with E-state index in [9.17, 15) is 9.59 Å². The van der Waals surface area contributed by atoms with E-state index in [0.717, 1.165) is 10.9 Å². The summed E-state index contributed by atoms with van der Waals surface area (Å²) in [6, 6.07) is 14.2. The zero-order chi connectivity index (χ0) is 18.7. The van der Waals surface area contributed by atoms with Crippen molar-refractivity contribution in [3.8, 4) is 5.75 Å². The van der Waals surface area contributed by atoms with Crippen molar-refractivity contribution in [3.63, 3.8) is 0 Å². The van der Waals surface area contributed by atoms with Crippen molar-refractivity contribution in [2.45, 2.75) is 13.0 Å². The lowest BCUT2D eigenvalue weighted by Gasteiger charge is -2.15. The minimum atomic E-state index is -0.788.